The fourth-order valence-corrected chi connectivity index (χ4v) is 3.49. The lowest BCUT2D eigenvalue weighted by molar-refractivity contribution is -0.117. The van der Waals surface area contributed by atoms with E-state index in [4.69, 9.17) is 0 Å². The number of ketones is 2. The highest BCUT2D eigenvalue weighted by molar-refractivity contribution is 6.05. The number of carbonyl (C=O) groups is 3. The number of amides is 1. The summed E-state index contributed by atoms with van der Waals surface area (Å²) in [4.78, 5) is 42.0. The number of likely N-dealkylation sites (N-methyl/N-ethyl adjacent to an activating group) is 1. The first kappa shape index (κ1) is 21.6. The van der Waals surface area contributed by atoms with Crippen LogP contribution >= 0.6 is 0 Å². The summed E-state index contributed by atoms with van der Waals surface area (Å²) in [5.74, 6) is -0.391. The van der Waals surface area contributed by atoms with Gasteiger partial charge in [0.2, 0.25) is 5.91 Å². The summed E-state index contributed by atoms with van der Waals surface area (Å²) in [5, 5.41) is 2.94. The number of benzene rings is 1. The number of carbonyl (C=O) groups excluding carboxylic acids is 3. The number of aromatic nitrogens is 1. The van der Waals surface area contributed by atoms with Crippen LogP contribution in [0.1, 0.15) is 57.1 Å². The molecular formula is C22H29N3O3. The molecule has 6 nitrogen and oxygen atoms in total. The predicted octanol–water partition coefficient (Wildman–Crippen LogP) is 3.59. The zero-order chi connectivity index (χ0) is 21.2. The Hall–Kier alpha value is -2.73. The van der Waals surface area contributed by atoms with Crippen molar-refractivity contribution in [3.63, 3.8) is 0 Å². The lowest BCUT2D eigenvalue weighted by Gasteiger charge is -2.23. The monoisotopic (exact) mass is 383 g/mol. The van der Waals surface area contributed by atoms with Crippen molar-refractivity contribution in [2.24, 2.45) is 0 Å². The number of hydrogen-bond donors (Lipinski definition) is 2. The standard InChI is InChI=1S/C22H29N3O3/c1-12-9-8-10-13(2)20(12)24-18(27)11-25(7)16(5)22(28)21-14(3)19(17(6)26)15(4)23-21/h8-10,16,23H,11H2,1-7H3,(H,24,27). The highest BCUT2D eigenvalue weighted by Gasteiger charge is 2.26. The number of nitrogens with one attached hydrogen (secondary N) is 2. The van der Waals surface area contributed by atoms with Gasteiger partial charge in [-0.3, -0.25) is 19.3 Å². The van der Waals surface area contributed by atoms with Crippen LogP contribution in [0.25, 0.3) is 0 Å². The number of Topliss-reactive ketones (excluding diaryl/α,β-unsaturated/α-hetero) is 2. The highest BCUT2D eigenvalue weighted by atomic mass is 16.2. The SMILES string of the molecule is CC(=O)c1c(C)[nH]c(C(=O)C(C)N(C)CC(=O)Nc2c(C)cccc2C)c1C. The van der Waals surface area contributed by atoms with E-state index in [-0.39, 0.29) is 24.0 Å². The summed E-state index contributed by atoms with van der Waals surface area (Å²) in [6.07, 6.45) is 0. The summed E-state index contributed by atoms with van der Waals surface area (Å²) in [6.45, 7) is 10.8. The number of anilines is 1. The summed E-state index contributed by atoms with van der Waals surface area (Å²) < 4.78 is 0. The summed E-state index contributed by atoms with van der Waals surface area (Å²) in [5.41, 5.74) is 5.14. The Morgan fingerprint density at radius 1 is 1.11 bits per heavy atom. The minimum Gasteiger partial charge on any atom is -0.355 e. The van der Waals surface area contributed by atoms with Gasteiger partial charge in [-0.05, 0) is 65.3 Å². The second-order valence-corrected chi connectivity index (χ2v) is 7.45. The molecule has 1 heterocycles. The molecular weight excluding hydrogens is 354 g/mol. The molecule has 0 saturated carbocycles. The Balaban J connectivity index is 2.11. The number of H-pyrrole nitrogens is 1. The second kappa shape index (κ2) is 8.52. The molecule has 0 saturated heterocycles. The molecule has 0 aliphatic carbocycles. The molecule has 0 aliphatic heterocycles. The van der Waals surface area contributed by atoms with Gasteiger partial charge < -0.3 is 10.3 Å². The largest absolute Gasteiger partial charge is 0.355 e. The Morgan fingerprint density at radius 2 is 1.68 bits per heavy atom. The first-order valence-electron chi connectivity index (χ1n) is 9.35. The van der Waals surface area contributed by atoms with Gasteiger partial charge in [0.15, 0.2) is 11.6 Å². The minimum atomic E-state index is -0.514. The van der Waals surface area contributed by atoms with Crippen LogP contribution in [0.4, 0.5) is 5.69 Å². The van der Waals surface area contributed by atoms with E-state index in [0.717, 1.165) is 16.8 Å². The van der Waals surface area contributed by atoms with Gasteiger partial charge in [-0.25, -0.2) is 0 Å². The van der Waals surface area contributed by atoms with Crippen molar-refractivity contribution in [3.8, 4) is 0 Å². The van der Waals surface area contributed by atoms with E-state index >= 15 is 0 Å². The van der Waals surface area contributed by atoms with Gasteiger partial charge in [-0.1, -0.05) is 18.2 Å². The van der Waals surface area contributed by atoms with E-state index in [1.807, 2.05) is 32.0 Å². The molecule has 1 aromatic heterocycles. The van der Waals surface area contributed by atoms with Crippen LogP contribution in [0, 0.1) is 27.7 Å². The van der Waals surface area contributed by atoms with E-state index in [1.54, 1.807) is 32.7 Å². The van der Waals surface area contributed by atoms with Crippen LogP contribution in [0.15, 0.2) is 18.2 Å². The number of aryl methyl sites for hydroxylation is 3. The van der Waals surface area contributed by atoms with Crippen LogP contribution in [0.5, 0.6) is 0 Å². The minimum absolute atomic E-state index is 0.0701. The lowest BCUT2D eigenvalue weighted by Crippen LogP contribution is -2.41. The fourth-order valence-electron chi connectivity index (χ4n) is 3.49. The Morgan fingerprint density at radius 3 is 2.18 bits per heavy atom. The molecule has 1 unspecified atom stereocenters. The average molecular weight is 383 g/mol. The van der Waals surface area contributed by atoms with Crippen LogP contribution in [0.2, 0.25) is 0 Å². The van der Waals surface area contributed by atoms with E-state index in [1.165, 1.54) is 6.92 Å². The Kier molecular flexibility index (Phi) is 6.56. The van der Waals surface area contributed by atoms with Crippen molar-refractivity contribution < 1.29 is 14.4 Å². The molecule has 6 heteroatoms. The van der Waals surface area contributed by atoms with Crippen molar-refractivity contribution in [1.29, 1.82) is 0 Å². The van der Waals surface area contributed by atoms with Crippen molar-refractivity contribution in [2.45, 2.75) is 47.6 Å². The van der Waals surface area contributed by atoms with Crippen LogP contribution < -0.4 is 5.32 Å². The number of aromatic amines is 1. The molecule has 1 aromatic carbocycles. The molecule has 0 bridgehead atoms. The van der Waals surface area contributed by atoms with Gasteiger partial charge in [0, 0.05) is 16.9 Å². The van der Waals surface area contributed by atoms with Crippen molar-refractivity contribution in [3.05, 3.63) is 51.8 Å². The first-order chi connectivity index (χ1) is 13.0. The molecule has 1 amide bonds. The molecule has 2 N–H and O–H groups in total. The van der Waals surface area contributed by atoms with Gasteiger partial charge in [0.05, 0.1) is 18.3 Å². The van der Waals surface area contributed by atoms with Crippen LogP contribution in [-0.4, -0.2) is 47.0 Å². The smallest absolute Gasteiger partial charge is 0.238 e. The maximum absolute atomic E-state index is 12.9. The number of hydrogen-bond acceptors (Lipinski definition) is 4. The van der Waals surface area contributed by atoms with Crippen LogP contribution in [0.3, 0.4) is 0 Å². The Labute approximate surface area is 166 Å². The summed E-state index contributed by atoms with van der Waals surface area (Å²) >= 11 is 0. The summed E-state index contributed by atoms with van der Waals surface area (Å²) in [6, 6.07) is 5.33. The third-order valence-electron chi connectivity index (χ3n) is 5.22. The summed E-state index contributed by atoms with van der Waals surface area (Å²) in [7, 11) is 1.74. The van der Waals surface area contributed by atoms with Gasteiger partial charge in [-0.15, -0.1) is 0 Å². The van der Waals surface area contributed by atoms with Gasteiger partial charge >= 0.3 is 0 Å². The molecule has 0 aliphatic rings. The highest BCUT2D eigenvalue weighted by Crippen LogP contribution is 2.21. The molecule has 0 spiro atoms. The van der Waals surface area contributed by atoms with Crippen molar-refractivity contribution in [2.75, 3.05) is 18.9 Å². The van der Waals surface area contributed by atoms with Gasteiger partial charge in [0.25, 0.3) is 0 Å². The normalized spacial score (nSPS) is 12.1. The predicted molar refractivity (Wildman–Crippen MR) is 111 cm³/mol. The number of rotatable bonds is 7. The third kappa shape index (κ3) is 4.39. The van der Waals surface area contributed by atoms with E-state index in [0.29, 0.717) is 22.5 Å². The van der Waals surface area contributed by atoms with Gasteiger partial charge in [-0.2, -0.15) is 0 Å². The molecule has 0 fully saturated rings. The zero-order valence-corrected chi connectivity index (χ0v) is 17.7. The molecule has 150 valence electrons. The first-order valence-corrected chi connectivity index (χ1v) is 9.35. The number of para-hydroxylation sites is 1. The fraction of sp³-hybridized carbons (Fsp3) is 0.409. The second-order valence-electron chi connectivity index (χ2n) is 7.45. The molecule has 1 atom stereocenters. The number of nitrogens with zero attached hydrogens (tertiary/aromatic N) is 1. The third-order valence-corrected chi connectivity index (χ3v) is 5.22. The van der Waals surface area contributed by atoms with Crippen LogP contribution in [-0.2, 0) is 4.79 Å². The van der Waals surface area contributed by atoms with E-state index in [2.05, 4.69) is 10.3 Å². The zero-order valence-electron chi connectivity index (χ0n) is 17.7. The van der Waals surface area contributed by atoms with Gasteiger partial charge in [0.1, 0.15) is 0 Å². The van der Waals surface area contributed by atoms with E-state index in [9.17, 15) is 14.4 Å². The topological polar surface area (TPSA) is 82.3 Å². The lowest BCUT2D eigenvalue weighted by atomic mass is 10.0. The molecule has 2 aromatic rings. The molecule has 0 radical (unpaired) electrons. The van der Waals surface area contributed by atoms with Crippen molar-refractivity contribution >= 4 is 23.2 Å². The molecule has 28 heavy (non-hydrogen) atoms. The molecule has 2 rings (SSSR count). The average Bonchev–Trinajstić information content (AvgIpc) is 2.91. The quantitative estimate of drug-likeness (QED) is 0.716. The maximum Gasteiger partial charge on any atom is 0.238 e. The van der Waals surface area contributed by atoms with Crippen molar-refractivity contribution in [1.82, 2.24) is 9.88 Å². The maximum atomic E-state index is 12.9. The van der Waals surface area contributed by atoms with E-state index < -0.39 is 6.04 Å². The Bertz CT molecular complexity index is 907.